The highest BCUT2D eigenvalue weighted by molar-refractivity contribution is 7.85. The van der Waals surface area contributed by atoms with E-state index in [1.165, 1.54) is 82.0 Å². The Morgan fingerprint density at radius 1 is 0.688 bits per heavy atom. The molecule has 1 aliphatic rings. The van der Waals surface area contributed by atoms with Crippen molar-refractivity contribution in [2.45, 2.75) is 91.9 Å². The highest BCUT2D eigenvalue weighted by atomic mass is 32.2. The second-order valence-electron chi connectivity index (χ2n) is 9.76. The molecule has 0 amide bonds. The van der Waals surface area contributed by atoms with Crippen molar-refractivity contribution >= 4 is 10.1 Å². The highest BCUT2D eigenvalue weighted by Gasteiger charge is 2.24. The van der Waals surface area contributed by atoms with E-state index < -0.39 is 10.1 Å². The molecule has 0 aliphatic carbocycles. The molecule has 0 atom stereocenters. The van der Waals surface area contributed by atoms with Gasteiger partial charge in [-0.05, 0) is 52.1 Å². The molecule has 7 heteroatoms. The lowest BCUT2D eigenvalue weighted by atomic mass is 10.1. The fourth-order valence-electron chi connectivity index (χ4n) is 4.33. The lowest BCUT2D eigenvalue weighted by Crippen LogP contribution is -2.50. The maximum atomic E-state index is 10.3. The van der Waals surface area contributed by atoms with Crippen LogP contribution in [0.25, 0.3) is 0 Å². The Bertz CT molecular complexity index is 483. The molecule has 1 rings (SSSR count). The van der Waals surface area contributed by atoms with E-state index in [0.29, 0.717) is 6.42 Å². The molecule has 0 spiro atoms. The summed E-state index contributed by atoms with van der Waals surface area (Å²) >= 11 is 0. The van der Waals surface area contributed by atoms with Crippen molar-refractivity contribution in [2.24, 2.45) is 0 Å². The summed E-state index contributed by atoms with van der Waals surface area (Å²) in [6.45, 7) is 20.1. The van der Waals surface area contributed by atoms with Crippen LogP contribution in [0.2, 0.25) is 0 Å². The zero-order valence-electron chi connectivity index (χ0n) is 22.1. The third-order valence-electron chi connectivity index (χ3n) is 6.66. The van der Waals surface area contributed by atoms with Crippen LogP contribution < -0.4 is 0 Å². The van der Waals surface area contributed by atoms with E-state index in [-0.39, 0.29) is 5.75 Å². The van der Waals surface area contributed by atoms with Gasteiger partial charge in [-0.2, -0.15) is 0 Å². The van der Waals surface area contributed by atoms with Gasteiger partial charge in [0.25, 0.3) is 0 Å². The summed E-state index contributed by atoms with van der Waals surface area (Å²) in [6.07, 6.45) is 12.3. The molecule has 0 aromatic carbocycles. The SMILES string of the molecule is CCCC[N+](CCCC)(CCCC)CCCC.CN1CCN(CCCCS(=O)(=O)[O-])CC1. The van der Waals surface area contributed by atoms with E-state index in [9.17, 15) is 13.0 Å². The summed E-state index contributed by atoms with van der Waals surface area (Å²) in [6, 6.07) is 0. The Morgan fingerprint density at radius 2 is 1.09 bits per heavy atom. The molecule has 6 nitrogen and oxygen atoms in total. The Balaban J connectivity index is 0.000000604. The molecule has 0 N–H and O–H groups in total. The van der Waals surface area contributed by atoms with Gasteiger partial charge < -0.3 is 18.8 Å². The van der Waals surface area contributed by atoms with Crippen molar-refractivity contribution in [3.63, 3.8) is 0 Å². The molecule has 0 bridgehead atoms. The van der Waals surface area contributed by atoms with Gasteiger partial charge in [-0.1, -0.05) is 53.4 Å². The first-order valence-electron chi connectivity index (χ1n) is 13.4. The average Bonchev–Trinajstić information content (AvgIpc) is 2.77. The van der Waals surface area contributed by atoms with Crippen LogP contribution in [0.15, 0.2) is 0 Å². The molecule has 194 valence electrons. The minimum Gasteiger partial charge on any atom is -0.748 e. The van der Waals surface area contributed by atoms with Crippen LogP contribution in [-0.4, -0.2) is 99.0 Å². The molecule has 0 aromatic rings. The van der Waals surface area contributed by atoms with Crippen molar-refractivity contribution in [2.75, 3.05) is 71.7 Å². The molecule has 0 radical (unpaired) electrons. The smallest absolute Gasteiger partial charge is 0.0945 e. The first kappa shape index (κ1) is 31.8. The van der Waals surface area contributed by atoms with Crippen LogP contribution in [0.1, 0.15) is 91.9 Å². The zero-order valence-corrected chi connectivity index (χ0v) is 22.9. The summed E-state index contributed by atoms with van der Waals surface area (Å²) in [5.41, 5.74) is 0. The van der Waals surface area contributed by atoms with Crippen LogP contribution in [0.5, 0.6) is 0 Å². The molecule has 1 heterocycles. The van der Waals surface area contributed by atoms with Gasteiger partial charge in [-0.3, -0.25) is 0 Å². The van der Waals surface area contributed by atoms with Crippen LogP contribution >= 0.6 is 0 Å². The number of rotatable bonds is 17. The summed E-state index contributed by atoms with van der Waals surface area (Å²) in [5, 5.41) is 0. The predicted molar refractivity (Wildman–Crippen MR) is 137 cm³/mol. The minimum absolute atomic E-state index is 0.221. The molecule has 0 saturated carbocycles. The standard InChI is InChI=1S/C16H36N.C9H20N2O3S/c1-5-9-13-17(14-10-6-2,15-11-7-3)16-12-8-4;1-10-5-7-11(8-6-10)4-2-3-9-15(12,13)14/h5-16H2,1-4H3;2-9H2,1H3,(H,12,13,14)/q+1;/p-1. The van der Waals surface area contributed by atoms with Crippen molar-refractivity contribution in [3.8, 4) is 0 Å². The molecule has 0 aromatic heterocycles. The second-order valence-corrected chi connectivity index (χ2v) is 11.3. The fourth-order valence-corrected chi connectivity index (χ4v) is 4.89. The third kappa shape index (κ3) is 17.3. The number of quaternary nitrogens is 1. The van der Waals surface area contributed by atoms with Gasteiger partial charge in [0, 0.05) is 31.9 Å². The summed E-state index contributed by atoms with van der Waals surface area (Å²) in [7, 11) is -1.91. The maximum absolute atomic E-state index is 10.3. The molecular weight excluding hydrogens is 422 g/mol. The van der Waals surface area contributed by atoms with E-state index in [2.05, 4.69) is 44.5 Å². The van der Waals surface area contributed by atoms with Gasteiger partial charge in [0.1, 0.15) is 0 Å². The van der Waals surface area contributed by atoms with Crippen molar-refractivity contribution in [1.82, 2.24) is 9.80 Å². The van der Waals surface area contributed by atoms with Crippen LogP contribution in [0.3, 0.4) is 0 Å². The Hall–Kier alpha value is -0.210. The van der Waals surface area contributed by atoms with Crippen molar-refractivity contribution in [3.05, 3.63) is 0 Å². The summed E-state index contributed by atoms with van der Waals surface area (Å²) in [5.74, 6) is -0.221. The summed E-state index contributed by atoms with van der Waals surface area (Å²) in [4.78, 5) is 4.59. The lowest BCUT2D eigenvalue weighted by molar-refractivity contribution is -0.929. The van der Waals surface area contributed by atoms with Crippen LogP contribution in [0, 0.1) is 0 Å². The Kier molecular flexibility index (Phi) is 19.0. The molecule has 0 unspecified atom stereocenters. The molecule has 32 heavy (non-hydrogen) atoms. The van der Waals surface area contributed by atoms with Gasteiger partial charge >= 0.3 is 0 Å². The quantitative estimate of drug-likeness (QED) is 0.174. The van der Waals surface area contributed by atoms with E-state index in [1.54, 1.807) is 0 Å². The second kappa shape index (κ2) is 19.1. The van der Waals surface area contributed by atoms with Gasteiger partial charge in [0.2, 0.25) is 0 Å². The molecule has 1 fully saturated rings. The topological polar surface area (TPSA) is 63.7 Å². The average molecular weight is 478 g/mol. The fraction of sp³-hybridized carbons (Fsp3) is 1.00. The van der Waals surface area contributed by atoms with E-state index in [4.69, 9.17) is 0 Å². The summed E-state index contributed by atoms with van der Waals surface area (Å²) < 4.78 is 32.5. The van der Waals surface area contributed by atoms with Crippen LogP contribution in [0.4, 0.5) is 0 Å². The van der Waals surface area contributed by atoms with E-state index >= 15 is 0 Å². The number of piperazine rings is 1. The molecular formula is C25H55N3O3S. The van der Waals surface area contributed by atoms with Crippen LogP contribution in [-0.2, 0) is 10.1 Å². The number of hydrogen-bond donors (Lipinski definition) is 0. The Labute approximate surface area is 201 Å². The molecule has 1 saturated heterocycles. The van der Waals surface area contributed by atoms with Gasteiger partial charge in [-0.25, -0.2) is 8.42 Å². The third-order valence-corrected chi connectivity index (χ3v) is 7.45. The number of nitrogens with zero attached hydrogens (tertiary/aromatic N) is 3. The number of likely N-dealkylation sites (N-methyl/N-ethyl adjacent to an activating group) is 1. The lowest BCUT2D eigenvalue weighted by Gasteiger charge is -2.39. The van der Waals surface area contributed by atoms with Gasteiger partial charge in [-0.15, -0.1) is 0 Å². The zero-order chi connectivity index (χ0) is 24.3. The van der Waals surface area contributed by atoms with Gasteiger partial charge in [0.05, 0.1) is 36.3 Å². The van der Waals surface area contributed by atoms with E-state index in [0.717, 1.165) is 39.1 Å². The maximum Gasteiger partial charge on any atom is 0.0945 e. The Morgan fingerprint density at radius 3 is 1.44 bits per heavy atom. The number of unbranched alkanes of at least 4 members (excludes halogenated alkanes) is 5. The normalized spacial score (nSPS) is 16.1. The van der Waals surface area contributed by atoms with E-state index in [1.807, 2.05) is 0 Å². The number of hydrogen-bond acceptors (Lipinski definition) is 5. The molecule has 1 aliphatic heterocycles. The van der Waals surface area contributed by atoms with Crippen molar-refractivity contribution < 1.29 is 17.5 Å². The predicted octanol–water partition coefficient (Wildman–Crippen LogP) is 4.56. The monoisotopic (exact) mass is 477 g/mol. The highest BCUT2D eigenvalue weighted by Crippen LogP contribution is 2.16. The van der Waals surface area contributed by atoms with Crippen molar-refractivity contribution in [1.29, 1.82) is 0 Å². The largest absolute Gasteiger partial charge is 0.748 e. The first-order chi connectivity index (χ1) is 15.2. The van der Waals surface area contributed by atoms with Gasteiger partial charge in [0.15, 0.2) is 0 Å². The first-order valence-corrected chi connectivity index (χ1v) is 15.0. The minimum atomic E-state index is -4.01.